The van der Waals surface area contributed by atoms with Crippen molar-refractivity contribution < 1.29 is 19.5 Å². The van der Waals surface area contributed by atoms with Crippen molar-refractivity contribution in [2.75, 3.05) is 6.54 Å². The monoisotopic (exact) mass is 296 g/mol. The second-order valence-corrected chi connectivity index (χ2v) is 6.48. The molecule has 1 saturated heterocycles. The van der Waals surface area contributed by atoms with Crippen molar-refractivity contribution in [3.63, 3.8) is 0 Å². The van der Waals surface area contributed by atoms with E-state index in [1.807, 2.05) is 13.8 Å². The van der Waals surface area contributed by atoms with E-state index in [0.717, 1.165) is 19.3 Å². The third kappa shape index (κ3) is 3.19. The summed E-state index contributed by atoms with van der Waals surface area (Å²) >= 11 is 0. The maximum Gasteiger partial charge on any atom is 0.329 e. The first-order valence-corrected chi connectivity index (χ1v) is 7.70. The molecule has 2 N–H and O–H groups in total. The molecule has 2 fully saturated rings. The van der Waals surface area contributed by atoms with Gasteiger partial charge in [0.25, 0.3) is 0 Å². The molecule has 118 valence electrons. The maximum absolute atomic E-state index is 12.4. The lowest BCUT2D eigenvalue weighted by Crippen LogP contribution is -2.57. The first-order chi connectivity index (χ1) is 9.85. The zero-order chi connectivity index (χ0) is 15.6. The minimum absolute atomic E-state index is 0.0295. The highest BCUT2D eigenvalue weighted by Crippen LogP contribution is 2.30. The third-order valence-corrected chi connectivity index (χ3v) is 4.63. The van der Waals surface area contributed by atoms with Crippen LogP contribution in [0.4, 0.5) is 0 Å². The van der Waals surface area contributed by atoms with Gasteiger partial charge < -0.3 is 15.3 Å². The maximum atomic E-state index is 12.4. The quantitative estimate of drug-likeness (QED) is 0.814. The molecule has 2 amide bonds. The molecule has 1 aliphatic carbocycles. The predicted octanol–water partition coefficient (Wildman–Crippen LogP) is 1.15. The molecule has 1 atom stereocenters. The Morgan fingerprint density at radius 3 is 2.38 bits per heavy atom. The Bertz CT molecular complexity index is 441. The fraction of sp³-hybridized carbons (Fsp3) is 0.800. The average molecular weight is 296 g/mol. The van der Waals surface area contributed by atoms with Gasteiger partial charge in [0.2, 0.25) is 11.8 Å². The Hall–Kier alpha value is -1.59. The first kappa shape index (κ1) is 15.8. The van der Waals surface area contributed by atoms with Gasteiger partial charge in [0.15, 0.2) is 0 Å². The van der Waals surface area contributed by atoms with E-state index in [4.69, 9.17) is 0 Å². The average Bonchev–Trinajstić information content (AvgIpc) is 2.82. The van der Waals surface area contributed by atoms with Crippen molar-refractivity contribution >= 4 is 17.8 Å². The summed E-state index contributed by atoms with van der Waals surface area (Å²) in [6.07, 6.45) is 3.77. The molecule has 1 aliphatic heterocycles. The van der Waals surface area contributed by atoms with E-state index in [9.17, 15) is 19.5 Å². The van der Waals surface area contributed by atoms with Crippen LogP contribution in [0.15, 0.2) is 0 Å². The number of nitrogens with one attached hydrogen (secondary N) is 1. The van der Waals surface area contributed by atoms with Crippen LogP contribution in [-0.4, -0.2) is 45.9 Å². The second kappa shape index (κ2) is 6.03. The van der Waals surface area contributed by atoms with E-state index in [1.165, 1.54) is 0 Å². The summed E-state index contributed by atoms with van der Waals surface area (Å²) in [6.45, 7) is 4.22. The minimum atomic E-state index is -1.14. The molecule has 0 bridgehead atoms. The molecule has 0 spiro atoms. The topological polar surface area (TPSA) is 86.7 Å². The van der Waals surface area contributed by atoms with Crippen LogP contribution in [0.3, 0.4) is 0 Å². The highest BCUT2D eigenvalue weighted by molar-refractivity contribution is 5.92. The second-order valence-electron chi connectivity index (χ2n) is 6.48. The third-order valence-electron chi connectivity index (χ3n) is 4.63. The molecule has 0 aromatic heterocycles. The van der Waals surface area contributed by atoms with Crippen LogP contribution < -0.4 is 5.32 Å². The van der Waals surface area contributed by atoms with E-state index >= 15 is 0 Å². The normalized spacial score (nSPS) is 25.2. The molecule has 1 unspecified atom stereocenters. The number of amides is 2. The molecule has 2 rings (SSSR count). The molecule has 1 heterocycles. The number of carbonyl (C=O) groups excluding carboxylic acids is 2. The van der Waals surface area contributed by atoms with Crippen LogP contribution in [0, 0.1) is 5.92 Å². The molecular formula is C15H24N2O4. The van der Waals surface area contributed by atoms with E-state index in [1.54, 1.807) is 4.90 Å². The van der Waals surface area contributed by atoms with Crippen molar-refractivity contribution in [3.8, 4) is 0 Å². The Morgan fingerprint density at radius 2 is 1.90 bits per heavy atom. The summed E-state index contributed by atoms with van der Waals surface area (Å²) in [4.78, 5) is 37.5. The van der Waals surface area contributed by atoms with Crippen LogP contribution in [0.25, 0.3) is 0 Å². The van der Waals surface area contributed by atoms with Crippen molar-refractivity contribution in [1.82, 2.24) is 10.2 Å². The van der Waals surface area contributed by atoms with Crippen LogP contribution in [0.5, 0.6) is 0 Å². The summed E-state index contributed by atoms with van der Waals surface area (Å²) in [5.41, 5.74) is -1.14. The number of rotatable bonds is 4. The van der Waals surface area contributed by atoms with E-state index in [-0.39, 0.29) is 24.3 Å². The van der Waals surface area contributed by atoms with Crippen molar-refractivity contribution in [3.05, 3.63) is 0 Å². The Labute approximate surface area is 124 Å². The standard InChI is InChI=1S/C15H24N2O4/c1-10(2)17-9-11(8-12(17)18)13(19)16-15(14(20)21)6-4-3-5-7-15/h10-11H,3-9H2,1-2H3,(H,16,19)(H,20,21). The fourth-order valence-electron chi connectivity index (χ4n) is 3.29. The zero-order valence-electron chi connectivity index (χ0n) is 12.7. The summed E-state index contributed by atoms with van der Waals surface area (Å²) in [7, 11) is 0. The Morgan fingerprint density at radius 1 is 1.29 bits per heavy atom. The highest BCUT2D eigenvalue weighted by atomic mass is 16.4. The number of hydrogen-bond donors (Lipinski definition) is 2. The lowest BCUT2D eigenvalue weighted by molar-refractivity contribution is -0.150. The molecule has 0 aromatic rings. The predicted molar refractivity (Wildman–Crippen MR) is 76.6 cm³/mol. The SMILES string of the molecule is CC(C)N1CC(C(=O)NC2(C(=O)O)CCCCC2)CC1=O. The van der Waals surface area contributed by atoms with Gasteiger partial charge in [-0.2, -0.15) is 0 Å². The number of likely N-dealkylation sites (tertiary alicyclic amines) is 1. The fourth-order valence-corrected chi connectivity index (χ4v) is 3.29. The summed E-state index contributed by atoms with van der Waals surface area (Å²) in [6, 6.07) is 0.0680. The molecule has 6 nitrogen and oxygen atoms in total. The molecule has 0 radical (unpaired) electrons. The highest BCUT2D eigenvalue weighted by Gasteiger charge is 2.44. The van der Waals surface area contributed by atoms with Crippen LogP contribution >= 0.6 is 0 Å². The van der Waals surface area contributed by atoms with Crippen LogP contribution in [-0.2, 0) is 14.4 Å². The number of carboxylic acids is 1. The Balaban J connectivity index is 2.03. The number of aliphatic carboxylic acids is 1. The summed E-state index contributed by atoms with van der Waals surface area (Å²) in [5.74, 6) is -1.72. The summed E-state index contributed by atoms with van der Waals surface area (Å²) in [5, 5.41) is 12.2. The number of nitrogens with zero attached hydrogens (tertiary/aromatic N) is 1. The lowest BCUT2D eigenvalue weighted by atomic mass is 9.81. The van der Waals surface area contributed by atoms with Crippen LogP contribution in [0.2, 0.25) is 0 Å². The van der Waals surface area contributed by atoms with Gasteiger partial charge in [-0.15, -0.1) is 0 Å². The van der Waals surface area contributed by atoms with Gasteiger partial charge in [0.05, 0.1) is 5.92 Å². The van der Waals surface area contributed by atoms with Crippen LogP contribution in [0.1, 0.15) is 52.4 Å². The number of carbonyl (C=O) groups is 3. The summed E-state index contributed by atoms with van der Waals surface area (Å²) < 4.78 is 0. The van der Waals surface area contributed by atoms with Gasteiger partial charge in [-0.25, -0.2) is 4.79 Å². The largest absolute Gasteiger partial charge is 0.480 e. The van der Waals surface area contributed by atoms with E-state index < -0.39 is 17.4 Å². The first-order valence-electron chi connectivity index (χ1n) is 7.70. The molecule has 21 heavy (non-hydrogen) atoms. The van der Waals surface area contributed by atoms with Gasteiger partial charge in [0, 0.05) is 19.0 Å². The van der Waals surface area contributed by atoms with E-state index in [2.05, 4.69) is 5.32 Å². The van der Waals surface area contributed by atoms with Gasteiger partial charge in [-0.1, -0.05) is 19.3 Å². The van der Waals surface area contributed by atoms with Gasteiger partial charge in [-0.05, 0) is 26.7 Å². The molecule has 2 aliphatic rings. The smallest absolute Gasteiger partial charge is 0.329 e. The van der Waals surface area contributed by atoms with Gasteiger partial charge >= 0.3 is 5.97 Å². The van der Waals surface area contributed by atoms with E-state index in [0.29, 0.717) is 19.4 Å². The van der Waals surface area contributed by atoms with Gasteiger partial charge in [0.1, 0.15) is 5.54 Å². The van der Waals surface area contributed by atoms with Crippen molar-refractivity contribution in [1.29, 1.82) is 0 Å². The molecule has 1 saturated carbocycles. The van der Waals surface area contributed by atoms with Crippen molar-refractivity contribution in [2.24, 2.45) is 5.92 Å². The lowest BCUT2D eigenvalue weighted by Gasteiger charge is -2.34. The number of carboxylic acid groups (broad SMARTS) is 1. The van der Waals surface area contributed by atoms with Crippen molar-refractivity contribution in [2.45, 2.75) is 64.0 Å². The minimum Gasteiger partial charge on any atom is -0.480 e. The zero-order valence-corrected chi connectivity index (χ0v) is 12.7. The number of hydrogen-bond acceptors (Lipinski definition) is 3. The van der Waals surface area contributed by atoms with Gasteiger partial charge in [-0.3, -0.25) is 9.59 Å². The Kier molecular flexibility index (Phi) is 4.54. The molecule has 0 aromatic carbocycles. The molecular weight excluding hydrogens is 272 g/mol. The molecule has 6 heteroatoms.